The van der Waals surface area contributed by atoms with Gasteiger partial charge < -0.3 is 12.8 Å². The number of rotatable bonds is 6. The molecule has 4 heteroatoms. The topological polar surface area (TPSA) is 0 Å². The second-order valence-corrected chi connectivity index (χ2v) is 21.4. The molecule has 0 saturated heterocycles. The van der Waals surface area contributed by atoms with Crippen LogP contribution >= 0.6 is 15.8 Å². The van der Waals surface area contributed by atoms with Gasteiger partial charge in [0.1, 0.15) is 37.1 Å². The Labute approximate surface area is 415 Å². The third-order valence-electron chi connectivity index (χ3n) is 12.2. The molecule has 12 aromatic carbocycles. The van der Waals surface area contributed by atoms with Gasteiger partial charge in [-0.1, -0.05) is 181 Å². The van der Waals surface area contributed by atoms with Gasteiger partial charge >= 0.3 is 44.8 Å². The predicted octanol–water partition coefficient (Wildman–Crippen LogP) is 13.7. The van der Waals surface area contributed by atoms with Crippen molar-refractivity contribution >= 4 is 102 Å². The van der Waals surface area contributed by atoms with E-state index in [1.54, 1.807) is 0 Å². The largest absolute Gasteiger partial charge is 1.00 e. The first-order valence-corrected chi connectivity index (χ1v) is 24.7. The minimum atomic E-state index is -0.847. The molecule has 0 unspecified atom stereocenters. The molecule has 0 aliphatic carbocycles. The van der Waals surface area contributed by atoms with E-state index in [2.05, 4.69) is 230 Å². The Morgan fingerprint density at radius 1 is 0.277 bits per heavy atom. The molecular weight excluding hydrogens is 1190 g/mol. The molecule has 0 atom stereocenters. The van der Waals surface area contributed by atoms with E-state index in [0.29, 0.717) is 0 Å². The third-order valence-corrected chi connectivity index (χ3v) is 19.1. The first-order chi connectivity index (χ1) is 31.2. The fourth-order valence-corrected chi connectivity index (χ4v) is 16.9. The van der Waals surface area contributed by atoms with E-state index in [1.807, 2.05) is 12.1 Å². The zero-order valence-electron chi connectivity index (χ0n) is 35.2. The van der Waals surface area contributed by atoms with Gasteiger partial charge in [0.05, 0.1) is 0 Å². The quantitative estimate of drug-likeness (QED) is 0.0512. The van der Waals surface area contributed by atoms with Crippen LogP contribution in [0.4, 0.5) is 0 Å². The van der Waals surface area contributed by atoms with Crippen molar-refractivity contribution in [3.8, 4) is 11.8 Å². The van der Waals surface area contributed by atoms with E-state index in [9.17, 15) is 0 Å². The Balaban J connectivity index is 0.000000135. The fourth-order valence-electron chi connectivity index (χ4n) is 9.16. The van der Waals surface area contributed by atoms with Crippen LogP contribution in [0.3, 0.4) is 0 Å². The normalized spacial score (nSPS) is 10.8. The van der Waals surface area contributed by atoms with E-state index < -0.39 is 15.8 Å². The van der Waals surface area contributed by atoms with Crippen LogP contribution in [-0.4, -0.2) is 5.90 Å². The molecule has 0 saturated carbocycles. The molecule has 65 heavy (non-hydrogen) atoms. The number of benzene rings is 12. The van der Waals surface area contributed by atoms with Crippen LogP contribution < -0.4 is 21.2 Å². The Hall–Kier alpha value is -5.82. The predicted molar refractivity (Wildman–Crippen MR) is 279 cm³/mol. The summed E-state index contributed by atoms with van der Waals surface area (Å²) in [6, 6.07) is 82.4. The molecule has 316 valence electrons. The molecule has 0 radical (unpaired) electrons. The molecule has 12 rings (SSSR count). The zero-order chi connectivity index (χ0) is 42.5. The van der Waals surface area contributed by atoms with Crippen molar-refractivity contribution in [2.45, 2.75) is 0 Å². The Morgan fingerprint density at radius 2 is 0.538 bits per heavy atom. The average molecular weight is 1230 g/mol. The first kappa shape index (κ1) is 45.7. The van der Waals surface area contributed by atoms with Gasteiger partial charge in [-0.15, -0.1) is 23.3 Å². The maximum Gasteiger partial charge on any atom is 1.00 e. The van der Waals surface area contributed by atoms with Crippen LogP contribution in [0.15, 0.2) is 231 Å². The minimum Gasteiger partial charge on any atom is -0.366 e. The number of hydrogen-bond donors (Lipinski definition) is 0. The summed E-state index contributed by atoms with van der Waals surface area (Å²) in [6.07, 6.45) is 14.8. The van der Waals surface area contributed by atoms with Crippen molar-refractivity contribution in [1.82, 2.24) is 0 Å². The zero-order valence-corrected chi connectivity index (χ0v) is 41.6. The Bertz CT molecular complexity index is 3210. The van der Waals surface area contributed by atoms with Crippen LogP contribution in [0.1, 0.15) is 11.1 Å². The van der Waals surface area contributed by atoms with Gasteiger partial charge in [0.25, 0.3) is 0 Å². The van der Waals surface area contributed by atoms with Crippen molar-refractivity contribution in [3.05, 3.63) is 254 Å². The van der Waals surface area contributed by atoms with E-state index in [0.717, 1.165) is 21.9 Å². The van der Waals surface area contributed by atoms with Crippen LogP contribution in [-0.2, 0) is 44.8 Å². The maximum atomic E-state index is 7.41. The Morgan fingerprint density at radius 3 is 0.831 bits per heavy atom. The molecule has 0 aliphatic rings. The molecule has 0 aromatic heterocycles. The molecule has 0 amide bonds. The maximum absolute atomic E-state index is 7.41. The van der Waals surface area contributed by atoms with E-state index in [4.69, 9.17) is 12.8 Å². The average Bonchev–Trinajstić information content (AvgIpc) is 3.36. The summed E-state index contributed by atoms with van der Waals surface area (Å²) in [7, 11) is -1.69. The summed E-state index contributed by atoms with van der Waals surface area (Å²) in [5.74, 6) is 6.31. The summed E-state index contributed by atoms with van der Waals surface area (Å²) in [5.41, 5.74) is 1.72. The molecule has 0 bridgehead atoms. The van der Waals surface area contributed by atoms with Crippen molar-refractivity contribution in [2.75, 3.05) is 5.90 Å². The summed E-state index contributed by atoms with van der Waals surface area (Å²) < 4.78 is 0. The minimum absolute atomic E-state index is 0. The van der Waals surface area contributed by atoms with E-state index in [1.165, 1.54) is 81.0 Å². The molecule has 0 fully saturated rings. The summed E-state index contributed by atoms with van der Waals surface area (Å²) in [5, 5.41) is 20.8. The molecule has 12 aromatic rings. The molecule has 0 N–H and O–H groups in total. The monoisotopic (exact) mass is 1230 g/mol. The smallest absolute Gasteiger partial charge is 0.366 e. The van der Waals surface area contributed by atoms with Gasteiger partial charge in [0.2, 0.25) is 0 Å². The third kappa shape index (κ3) is 9.34. The van der Waals surface area contributed by atoms with Crippen molar-refractivity contribution in [2.24, 2.45) is 0 Å². The molecule has 0 spiro atoms. The van der Waals surface area contributed by atoms with E-state index in [-0.39, 0.29) is 44.8 Å². The van der Waals surface area contributed by atoms with Crippen molar-refractivity contribution < 1.29 is 44.8 Å². The van der Waals surface area contributed by atoms with Gasteiger partial charge in [-0.2, -0.15) is 0 Å². The van der Waals surface area contributed by atoms with Crippen LogP contribution in [0, 0.1) is 24.7 Å². The summed E-state index contributed by atoms with van der Waals surface area (Å²) >= 11 is 0. The van der Waals surface area contributed by atoms with Crippen molar-refractivity contribution in [1.29, 1.82) is 0 Å². The Kier molecular flexibility index (Phi) is 14.8. The fraction of sp³-hybridized carbons (Fsp3) is 0.0164. The standard InChI is InChI=1S/C25H22P2.2C18H9.2Au/c1-5-13-22(14-6-1)26(23-15-7-2-8-16-23)21-27(24-17-9-3-10-18-24)25-19-11-4-12-20-25;2*1-2-12-6-7-15-9-8-13-4-3-5-14-10-11-16(12)18(15)17(13)14;;/h1-20H,21H2;2*3-11H;;/q;2*-1;2*+1/p+2. The number of hydrogen-bond acceptors (Lipinski definition) is 0. The molecule has 0 aliphatic heterocycles. The van der Waals surface area contributed by atoms with Gasteiger partial charge in [-0.25, -0.2) is 0 Å². The van der Waals surface area contributed by atoms with Gasteiger partial charge in [-0.3, -0.25) is 11.8 Å². The second kappa shape index (κ2) is 21.0. The van der Waals surface area contributed by atoms with Gasteiger partial charge in [0, 0.05) is 0 Å². The van der Waals surface area contributed by atoms with Crippen LogP contribution in [0.2, 0.25) is 0 Å². The van der Waals surface area contributed by atoms with Crippen LogP contribution in [0.25, 0.3) is 64.6 Å². The van der Waals surface area contributed by atoms with Crippen molar-refractivity contribution in [3.63, 3.8) is 0 Å². The van der Waals surface area contributed by atoms with Gasteiger partial charge in [-0.05, 0) is 102 Å². The molecule has 0 nitrogen and oxygen atoms in total. The molecule has 0 heterocycles. The van der Waals surface area contributed by atoms with E-state index >= 15 is 0 Å². The SMILES string of the molecule is [Au+].[Au+].[C-]#Cc1ccc2ccc3cccc4ccc1c2c34.[C-]#Cc1ccc2ccc3cccc4ccc1c2c34.c1ccc([PH+](C[PH+](c2ccccc2)c2ccccc2)c2ccccc2)cc1. The first-order valence-electron chi connectivity index (χ1n) is 21.3. The molecular formula is C61H42Au2P2+2. The van der Waals surface area contributed by atoms with Gasteiger partial charge in [0.15, 0.2) is 5.90 Å². The summed E-state index contributed by atoms with van der Waals surface area (Å²) in [6.45, 7) is 0. The second-order valence-electron chi connectivity index (χ2n) is 15.8. The summed E-state index contributed by atoms with van der Waals surface area (Å²) in [4.78, 5) is 0. The van der Waals surface area contributed by atoms with Crippen LogP contribution in [0.5, 0.6) is 0 Å².